The van der Waals surface area contributed by atoms with Crippen LogP contribution in [0.4, 0.5) is 4.79 Å². The molecule has 4 heteroatoms. The van der Waals surface area contributed by atoms with Crippen LogP contribution in [0.5, 0.6) is 0 Å². The van der Waals surface area contributed by atoms with Crippen molar-refractivity contribution in [2.75, 3.05) is 6.54 Å². The van der Waals surface area contributed by atoms with E-state index in [1.54, 1.807) is 4.90 Å². The van der Waals surface area contributed by atoms with Crippen molar-refractivity contribution in [3.63, 3.8) is 0 Å². The van der Waals surface area contributed by atoms with Crippen molar-refractivity contribution in [3.05, 3.63) is 0 Å². The predicted molar refractivity (Wildman–Crippen MR) is 55.5 cm³/mol. The monoisotopic (exact) mass is 213 g/mol. The summed E-state index contributed by atoms with van der Waals surface area (Å²) in [4.78, 5) is 13.5. The molecule has 86 valence electrons. The summed E-state index contributed by atoms with van der Waals surface area (Å²) in [5.74, 6) is 0.266. The molecule has 2 rings (SSSR count). The summed E-state index contributed by atoms with van der Waals surface area (Å²) < 4.78 is 5.31. The van der Waals surface area contributed by atoms with E-state index in [1.165, 1.54) is 0 Å². The number of hydrogen-bond donors (Lipinski definition) is 1. The number of hydrogen-bond acceptors (Lipinski definition) is 3. The minimum Gasteiger partial charge on any atom is -0.444 e. The zero-order valence-electron chi connectivity index (χ0n) is 9.56. The van der Waals surface area contributed by atoms with Crippen LogP contribution in [-0.4, -0.2) is 40.4 Å². The van der Waals surface area contributed by atoms with Crippen LogP contribution in [0.25, 0.3) is 0 Å². The molecule has 1 heterocycles. The molecule has 2 fully saturated rings. The number of nitrogens with zero attached hydrogens (tertiary/aromatic N) is 1. The summed E-state index contributed by atoms with van der Waals surface area (Å²) in [6.45, 7) is 6.26. The van der Waals surface area contributed by atoms with E-state index in [0.717, 1.165) is 6.42 Å². The Morgan fingerprint density at radius 3 is 2.47 bits per heavy atom. The zero-order valence-corrected chi connectivity index (χ0v) is 9.56. The van der Waals surface area contributed by atoms with Crippen LogP contribution < -0.4 is 0 Å². The second-order valence-corrected chi connectivity index (χ2v) is 5.59. The summed E-state index contributed by atoms with van der Waals surface area (Å²) in [5.41, 5.74) is -0.433. The number of fused-ring (bicyclic) bond motifs is 2. The maximum Gasteiger partial charge on any atom is 0.410 e. The number of rotatable bonds is 0. The highest BCUT2D eigenvalue weighted by Crippen LogP contribution is 2.38. The molecule has 0 aromatic heterocycles. The van der Waals surface area contributed by atoms with Gasteiger partial charge in [0.15, 0.2) is 0 Å². The van der Waals surface area contributed by atoms with Crippen LogP contribution in [0, 0.1) is 5.92 Å². The maximum absolute atomic E-state index is 11.8. The van der Waals surface area contributed by atoms with Gasteiger partial charge in [0.05, 0.1) is 6.10 Å². The van der Waals surface area contributed by atoms with Gasteiger partial charge in [-0.25, -0.2) is 4.79 Å². The van der Waals surface area contributed by atoms with Crippen molar-refractivity contribution in [1.82, 2.24) is 4.90 Å². The summed E-state index contributed by atoms with van der Waals surface area (Å²) in [6.07, 6.45) is 1.19. The van der Waals surface area contributed by atoms with E-state index < -0.39 is 5.60 Å². The number of likely N-dealkylation sites (tertiary alicyclic amines) is 1. The maximum atomic E-state index is 11.8. The Morgan fingerprint density at radius 1 is 1.40 bits per heavy atom. The van der Waals surface area contributed by atoms with Gasteiger partial charge in [-0.05, 0) is 33.6 Å². The summed E-state index contributed by atoms with van der Waals surface area (Å²) in [6, 6.07) is 0.194. The quantitative estimate of drug-likeness (QED) is 0.661. The summed E-state index contributed by atoms with van der Waals surface area (Å²) in [7, 11) is 0. The van der Waals surface area contributed by atoms with Crippen molar-refractivity contribution in [2.24, 2.45) is 5.92 Å². The molecule has 1 aliphatic heterocycles. The molecule has 0 unspecified atom stereocenters. The van der Waals surface area contributed by atoms with Crippen molar-refractivity contribution < 1.29 is 14.6 Å². The van der Waals surface area contributed by atoms with E-state index in [0.29, 0.717) is 13.0 Å². The first-order chi connectivity index (χ1) is 6.87. The van der Waals surface area contributed by atoms with Crippen molar-refractivity contribution in [1.29, 1.82) is 0 Å². The molecule has 0 aromatic carbocycles. The first-order valence-corrected chi connectivity index (χ1v) is 5.54. The molecule has 15 heavy (non-hydrogen) atoms. The van der Waals surface area contributed by atoms with E-state index in [1.807, 2.05) is 20.8 Å². The molecule has 4 nitrogen and oxygen atoms in total. The number of aliphatic hydroxyl groups excluding tert-OH is 1. The fraction of sp³-hybridized carbons (Fsp3) is 0.909. The van der Waals surface area contributed by atoms with Crippen LogP contribution in [0.2, 0.25) is 0 Å². The fourth-order valence-corrected chi connectivity index (χ4v) is 2.47. The van der Waals surface area contributed by atoms with Crippen molar-refractivity contribution >= 4 is 6.09 Å². The smallest absolute Gasteiger partial charge is 0.410 e. The van der Waals surface area contributed by atoms with E-state index >= 15 is 0 Å². The number of piperidine rings is 1. The standard InChI is InChI=1S/C11H19NO3/c1-11(2,3)15-10(14)12-6-7-4-8(12)5-9(7)13/h7-9,13H,4-6H2,1-3H3/t7-,8-,9+/m1/s1. The highest BCUT2D eigenvalue weighted by Gasteiger charge is 2.46. The van der Waals surface area contributed by atoms with Crippen molar-refractivity contribution in [2.45, 2.75) is 51.4 Å². The van der Waals surface area contributed by atoms with Gasteiger partial charge >= 0.3 is 6.09 Å². The average Bonchev–Trinajstić information content (AvgIpc) is 2.58. The van der Waals surface area contributed by atoms with Gasteiger partial charge < -0.3 is 14.7 Å². The number of carbonyl (C=O) groups is 1. The van der Waals surface area contributed by atoms with Gasteiger partial charge in [-0.3, -0.25) is 0 Å². The SMILES string of the molecule is CC(C)(C)OC(=O)N1C[C@H]2C[C@@H]1C[C@@H]2O. The second kappa shape index (κ2) is 3.37. The van der Waals surface area contributed by atoms with E-state index in [2.05, 4.69) is 0 Å². The number of ether oxygens (including phenoxy) is 1. The first kappa shape index (κ1) is 10.7. The van der Waals surface area contributed by atoms with Gasteiger partial charge in [0.2, 0.25) is 0 Å². The molecule has 1 amide bonds. The van der Waals surface area contributed by atoms with Gasteiger partial charge in [0.1, 0.15) is 5.60 Å². The van der Waals surface area contributed by atoms with Gasteiger partial charge in [-0.15, -0.1) is 0 Å². The molecule has 1 aliphatic carbocycles. The van der Waals surface area contributed by atoms with E-state index in [4.69, 9.17) is 4.74 Å². The Bertz CT molecular complexity index is 269. The number of aliphatic hydroxyl groups is 1. The Kier molecular flexibility index (Phi) is 2.41. The number of carbonyl (C=O) groups excluding carboxylic acids is 1. The third kappa shape index (κ3) is 2.09. The Labute approximate surface area is 90.2 Å². The molecule has 1 saturated carbocycles. The minimum absolute atomic E-state index is 0.194. The second-order valence-electron chi connectivity index (χ2n) is 5.59. The molecular formula is C11H19NO3. The molecular weight excluding hydrogens is 194 g/mol. The largest absolute Gasteiger partial charge is 0.444 e. The molecule has 1 N–H and O–H groups in total. The van der Waals surface area contributed by atoms with Gasteiger partial charge in [-0.2, -0.15) is 0 Å². The van der Waals surface area contributed by atoms with Crippen LogP contribution in [0.3, 0.4) is 0 Å². The van der Waals surface area contributed by atoms with Crippen LogP contribution in [0.15, 0.2) is 0 Å². The molecule has 0 radical (unpaired) electrons. The van der Waals surface area contributed by atoms with Crippen LogP contribution in [0.1, 0.15) is 33.6 Å². The lowest BCUT2D eigenvalue weighted by Gasteiger charge is -2.31. The van der Waals surface area contributed by atoms with Gasteiger partial charge in [0.25, 0.3) is 0 Å². The Morgan fingerprint density at radius 2 is 2.07 bits per heavy atom. The average molecular weight is 213 g/mol. The highest BCUT2D eigenvalue weighted by atomic mass is 16.6. The lowest BCUT2D eigenvalue weighted by molar-refractivity contribution is 0.00788. The molecule has 3 atom stereocenters. The third-order valence-electron chi connectivity index (χ3n) is 3.13. The van der Waals surface area contributed by atoms with E-state index in [-0.39, 0.29) is 24.2 Å². The zero-order chi connectivity index (χ0) is 11.2. The Hall–Kier alpha value is -0.770. The number of amides is 1. The third-order valence-corrected chi connectivity index (χ3v) is 3.13. The molecule has 2 aliphatic rings. The molecule has 2 bridgehead atoms. The topological polar surface area (TPSA) is 49.8 Å². The summed E-state index contributed by atoms with van der Waals surface area (Å²) in [5, 5.41) is 9.57. The van der Waals surface area contributed by atoms with Crippen LogP contribution in [-0.2, 0) is 4.74 Å². The molecule has 0 spiro atoms. The van der Waals surface area contributed by atoms with E-state index in [9.17, 15) is 9.90 Å². The summed E-state index contributed by atoms with van der Waals surface area (Å²) >= 11 is 0. The van der Waals surface area contributed by atoms with Crippen LogP contribution >= 0.6 is 0 Å². The Balaban J connectivity index is 1.94. The minimum atomic E-state index is -0.433. The fourth-order valence-electron chi connectivity index (χ4n) is 2.47. The highest BCUT2D eigenvalue weighted by molar-refractivity contribution is 5.69. The van der Waals surface area contributed by atoms with Gasteiger partial charge in [-0.1, -0.05) is 0 Å². The lowest BCUT2D eigenvalue weighted by atomic mass is 10.1. The predicted octanol–water partition coefficient (Wildman–Crippen LogP) is 1.38. The lowest BCUT2D eigenvalue weighted by Crippen LogP contribution is -2.44. The van der Waals surface area contributed by atoms with Gasteiger partial charge in [0, 0.05) is 18.5 Å². The molecule has 1 saturated heterocycles. The first-order valence-electron chi connectivity index (χ1n) is 5.54. The normalized spacial score (nSPS) is 34.7. The molecule has 0 aromatic rings. The van der Waals surface area contributed by atoms with Crippen molar-refractivity contribution in [3.8, 4) is 0 Å².